The number of quaternary nitrogens is 1. The molecule has 1 aliphatic rings. The van der Waals surface area contributed by atoms with Crippen molar-refractivity contribution in [2.24, 2.45) is 0 Å². The number of halogens is 3. The molecule has 2 N–H and O–H groups in total. The van der Waals surface area contributed by atoms with E-state index >= 15 is 0 Å². The molecule has 0 spiro atoms. The van der Waals surface area contributed by atoms with E-state index in [0.29, 0.717) is 0 Å². The Morgan fingerprint density at radius 3 is 2.78 bits per heavy atom. The number of anilines is 1. The van der Waals surface area contributed by atoms with Crippen LogP contribution in [0.1, 0.15) is 12.5 Å². The number of carbonyl (C=O) groups excluding carboxylic acids is 1. The topological polar surface area (TPSA) is 36.8 Å². The third-order valence-corrected chi connectivity index (χ3v) is 4.05. The number of carbonyl (C=O) groups is 1. The summed E-state index contributed by atoms with van der Waals surface area (Å²) in [7, 11) is 0. The van der Waals surface area contributed by atoms with Gasteiger partial charge in [0.15, 0.2) is 6.54 Å². The van der Waals surface area contributed by atoms with Gasteiger partial charge in [-0.3, -0.25) is 4.79 Å². The summed E-state index contributed by atoms with van der Waals surface area (Å²) in [6.45, 7) is 5.19. The maximum atomic E-state index is 12.1. The van der Waals surface area contributed by atoms with Crippen molar-refractivity contribution < 1.29 is 22.9 Å². The van der Waals surface area contributed by atoms with Gasteiger partial charge in [-0.25, -0.2) is 0 Å². The lowest BCUT2D eigenvalue weighted by molar-refractivity contribution is -0.895. The van der Waals surface area contributed by atoms with Crippen molar-refractivity contribution in [3.05, 3.63) is 29.8 Å². The fraction of sp³-hybridized carbons (Fsp3) is 0.562. The standard InChI is InChI=1S/C16H22F3N3O/c1-12-4-3-5-14(8-12)22-7-6-21(9-13(22)2)10-15(23)20-11-16(17,18)19/h3-5,8,13H,6-7,9-11H2,1-2H3,(H,20,23)/p+1/t13-/m1/s1. The number of alkyl halides is 3. The van der Waals surface area contributed by atoms with Gasteiger partial charge in [-0.05, 0) is 31.5 Å². The number of hydrogen-bond donors (Lipinski definition) is 2. The monoisotopic (exact) mass is 330 g/mol. The molecule has 1 aromatic carbocycles. The quantitative estimate of drug-likeness (QED) is 0.856. The third kappa shape index (κ3) is 5.42. The van der Waals surface area contributed by atoms with Crippen molar-refractivity contribution in [1.82, 2.24) is 5.32 Å². The van der Waals surface area contributed by atoms with Crippen LogP contribution < -0.4 is 15.1 Å². The number of nitrogens with zero attached hydrogens (tertiary/aromatic N) is 1. The summed E-state index contributed by atoms with van der Waals surface area (Å²) >= 11 is 0. The molecule has 1 aliphatic heterocycles. The zero-order valence-corrected chi connectivity index (χ0v) is 13.4. The zero-order valence-electron chi connectivity index (χ0n) is 13.4. The van der Waals surface area contributed by atoms with Crippen LogP contribution in [0, 0.1) is 6.92 Å². The lowest BCUT2D eigenvalue weighted by atomic mass is 10.1. The van der Waals surface area contributed by atoms with Crippen LogP contribution in [-0.2, 0) is 4.79 Å². The van der Waals surface area contributed by atoms with Crippen LogP contribution >= 0.6 is 0 Å². The second kappa shape index (κ2) is 7.21. The number of piperazine rings is 1. The van der Waals surface area contributed by atoms with E-state index in [1.165, 1.54) is 5.56 Å². The Morgan fingerprint density at radius 2 is 2.17 bits per heavy atom. The molecular weight excluding hydrogens is 307 g/mol. The molecule has 1 heterocycles. The van der Waals surface area contributed by atoms with E-state index in [2.05, 4.69) is 24.0 Å². The molecule has 1 unspecified atom stereocenters. The molecule has 1 aromatic rings. The average molecular weight is 330 g/mol. The summed E-state index contributed by atoms with van der Waals surface area (Å²) in [5.41, 5.74) is 2.34. The molecule has 0 aromatic heterocycles. The first-order valence-electron chi connectivity index (χ1n) is 7.75. The molecule has 2 rings (SSSR count). The van der Waals surface area contributed by atoms with Crippen molar-refractivity contribution in [3.63, 3.8) is 0 Å². The Morgan fingerprint density at radius 1 is 1.43 bits per heavy atom. The van der Waals surface area contributed by atoms with Gasteiger partial charge in [0.2, 0.25) is 0 Å². The minimum atomic E-state index is -4.36. The first-order valence-corrected chi connectivity index (χ1v) is 7.75. The number of benzene rings is 1. The molecule has 1 saturated heterocycles. The molecule has 0 radical (unpaired) electrons. The number of nitrogens with one attached hydrogen (secondary N) is 2. The van der Waals surface area contributed by atoms with Crippen molar-refractivity contribution in [2.45, 2.75) is 26.1 Å². The molecule has 0 saturated carbocycles. The SMILES string of the molecule is Cc1cccc(N2CC[NH+](CC(=O)NCC(F)(F)F)C[C@H]2C)c1. The number of hydrogen-bond acceptors (Lipinski definition) is 2. The smallest absolute Gasteiger partial charge is 0.358 e. The Labute approximate surface area is 134 Å². The first kappa shape index (κ1) is 17.6. The second-order valence-electron chi connectivity index (χ2n) is 6.15. The summed E-state index contributed by atoms with van der Waals surface area (Å²) in [4.78, 5) is 14.9. The predicted molar refractivity (Wildman–Crippen MR) is 82.6 cm³/mol. The molecular formula is C16H23F3N3O+. The maximum absolute atomic E-state index is 12.1. The van der Waals surface area contributed by atoms with E-state index in [4.69, 9.17) is 0 Å². The van der Waals surface area contributed by atoms with Gasteiger partial charge in [0.05, 0.1) is 25.7 Å². The Balaban J connectivity index is 1.85. The highest BCUT2D eigenvalue weighted by molar-refractivity contribution is 5.76. The van der Waals surface area contributed by atoms with Gasteiger partial charge in [0.25, 0.3) is 5.91 Å². The van der Waals surface area contributed by atoms with Crippen LogP contribution in [0.15, 0.2) is 24.3 Å². The van der Waals surface area contributed by atoms with Crippen molar-refractivity contribution >= 4 is 11.6 Å². The summed E-state index contributed by atoms with van der Waals surface area (Å²) in [6, 6.07) is 8.47. The largest absolute Gasteiger partial charge is 0.405 e. The first-order chi connectivity index (χ1) is 10.7. The minimum absolute atomic E-state index is 0.0854. The maximum Gasteiger partial charge on any atom is 0.405 e. The second-order valence-corrected chi connectivity index (χ2v) is 6.15. The highest BCUT2D eigenvalue weighted by Crippen LogP contribution is 2.18. The molecule has 23 heavy (non-hydrogen) atoms. The number of aryl methyl sites for hydroxylation is 1. The molecule has 1 fully saturated rings. The van der Waals surface area contributed by atoms with E-state index in [9.17, 15) is 18.0 Å². The Bertz CT molecular complexity index is 548. The van der Waals surface area contributed by atoms with E-state index in [1.54, 1.807) is 0 Å². The lowest BCUT2D eigenvalue weighted by Crippen LogP contribution is -3.16. The molecule has 0 bridgehead atoms. The number of amides is 1. The molecule has 128 valence electrons. The van der Waals surface area contributed by atoms with E-state index in [0.717, 1.165) is 30.2 Å². The lowest BCUT2D eigenvalue weighted by Gasteiger charge is -2.38. The fourth-order valence-electron chi connectivity index (χ4n) is 2.97. The van der Waals surface area contributed by atoms with Crippen molar-refractivity contribution in [1.29, 1.82) is 0 Å². The Hall–Kier alpha value is -1.76. The van der Waals surface area contributed by atoms with Gasteiger partial charge in [-0.2, -0.15) is 13.2 Å². The summed E-state index contributed by atoms with van der Waals surface area (Å²) in [5, 5.41) is 1.94. The van der Waals surface area contributed by atoms with Crippen LogP contribution in [0.5, 0.6) is 0 Å². The predicted octanol–water partition coefficient (Wildman–Crippen LogP) is 0.767. The molecule has 0 aliphatic carbocycles. The van der Waals surface area contributed by atoms with Crippen LogP contribution in [0.2, 0.25) is 0 Å². The zero-order chi connectivity index (χ0) is 17.0. The molecule has 1 amide bonds. The van der Waals surface area contributed by atoms with Crippen LogP contribution in [0.25, 0.3) is 0 Å². The fourth-order valence-corrected chi connectivity index (χ4v) is 2.97. The number of rotatable bonds is 4. The van der Waals surface area contributed by atoms with E-state index < -0.39 is 18.6 Å². The van der Waals surface area contributed by atoms with Gasteiger partial charge in [0.1, 0.15) is 6.54 Å². The highest BCUT2D eigenvalue weighted by Gasteiger charge is 2.31. The average Bonchev–Trinajstić information content (AvgIpc) is 2.44. The summed E-state index contributed by atoms with van der Waals surface area (Å²) < 4.78 is 36.3. The van der Waals surface area contributed by atoms with Crippen molar-refractivity contribution in [3.8, 4) is 0 Å². The molecule has 4 nitrogen and oxygen atoms in total. The summed E-state index contributed by atoms with van der Waals surface area (Å²) in [5.74, 6) is -0.548. The Kier molecular flexibility index (Phi) is 5.51. The van der Waals surface area contributed by atoms with Crippen molar-refractivity contribution in [2.75, 3.05) is 37.6 Å². The van der Waals surface area contributed by atoms with Gasteiger partial charge in [-0.15, -0.1) is 0 Å². The minimum Gasteiger partial charge on any atom is -0.358 e. The van der Waals surface area contributed by atoms with Gasteiger partial charge < -0.3 is 15.1 Å². The van der Waals surface area contributed by atoms with Crippen LogP contribution in [0.3, 0.4) is 0 Å². The van der Waals surface area contributed by atoms with Crippen LogP contribution in [0.4, 0.5) is 18.9 Å². The summed E-state index contributed by atoms with van der Waals surface area (Å²) in [6.07, 6.45) is -4.36. The molecule has 7 heteroatoms. The van der Waals surface area contributed by atoms with E-state index in [-0.39, 0.29) is 12.6 Å². The van der Waals surface area contributed by atoms with Gasteiger partial charge in [0, 0.05) is 5.69 Å². The van der Waals surface area contributed by atoms with E-state index in [1.807, 2.05) is 24.4 Å². The van der Waals surface area contributed by atoms with Gasteiger partial charge in [-0.1, -0.05) is 12.1 Å². The molecule has 2 atom stereocenters. The highest BCUT2D eigenvalue weighted by atomic mass is 19.4. The third-order valence-electron chi connectivity index (χ3n) is 4.05. The normalized spacial score (nSPS) is 22.0. The van der Waals surface area contributed by atoms with Gasteiger partial charge >= 0.3 is 6.18 Å². The van der Waals surface area contributed by atoms with Crippen LogP contribution in [-0.4, -0.2) is 50.8 Å².